The zero-order valence-electron chi connectivity index (χ0n) is 10.5. The average molecular weight is 228 g/mol. The Kier molecular flexibility index (Phi) is 5.22. The number of nitrogens with zero attached hydrogens (tertiary/aromatic N) is 1. The van der Waals surface area contributed by atoms with E-state index in [4.69, 9.17) is 10.5 Å². The molecule has 1 saturated heterocycles. The van der Waals surface area contributed by atoms with Crippen molar-refractivity contribution in [3.05, 3.63) is 0 Å². The van der Waals surface area contributed by atoms with Crippen LogP contribution in [0.5, 0.6) is 0 Å². The van der Waals surface area contributed by atoms with Crippen LogP contribution >= 0.6 is 0 Å². The van der Waals surface area contributed by atoms with Gasteiger partial charge in [0.15, 0.2) is 0 Å². The van der Waals surface area contributed by atoms with Crippen LogP contribution in [0, 0.1) is 0 Å². The Morgan fingerprint density at radius 3 is 2.56 bits per heavy atom. The molecule has 0 aromatic carbocycles. The van der Waals surface area contributed by atoms with Gasteiger partial charge >= 0.3 is 5.97 Å². The van der Waals surface area contributed by atoms with Crippen molar-refractivity contribution in [3.8, 4) is 0 Å². The van der Waals surface area contributed by atoms with Crippen molar-refractivity contribution >= 4 is 5.97 Å². The third-order valence-corrected chi connectivity index (χ3v) is 3.14. The maximum Gasteiger partial charge on any atom is 0.325 e. The van der Waals surface area contributed by atoms with Gasteiger partial charge in [0.25, 0.3) is 0 Å². The van der Waals surface area contributed by atoms with E-state index in [-0.39, 0.29) is 5.97 Å². The molecule has 0 bridgehead atoms. The van der Waals surface area contributed by atoms with E-state index in [1.54, 1.807) is 13.8 Å². The third-order valence-electron chi connectivity index (χ3n) is 3.14. The van der Waals surface area contributed by atoms with Crippen LogP contribution in [0.25, 0.3) is 0 Å². The van der Waals surface area contributed by atoms with Gasteiger partial charge in [0.1, 0.15) is 5.54 Å². The molecule has 1 fully saturated rings. The van der Waals surface area contributed by atoms with Crippen LogP contribution in [0.1, 0.15) is 39.5 Å². The van der Waals surface area contributed by atoms with E-state index in [0.717, 1.165) is 19.6 Å². The molecule has 16 heavy (non-hydrogen) atoms. The number of esters is 1. The predicted molar refractivity (Wildman–Crippen MR) is 64.1 cm³/mol. The summed E-state index contributed by atoms with van der Waals surface area (Å²) < 4.78 is 4.96. The average Bonchev–Trinajstić information content (AvgIpc) is 2.28. The summed E-state index contributed by atoms with van der Waals surface area (Å²) in [5.41, 5.74) is 5.12. The van der Waals surface area contributed by atoms with Crippen molar-refractivity contribution in [1.29, 1.82) is 0 Å². The van der Waals surface area contributed by atoms with Crippen molar-refractivity contribution < 1.29 is 9.53 Å². The van der Waals surface area contributed by atoms with Gasteiger partial charge in [-0.15, -0.1) is 0 Å². The molecular weight excluding hydrogens is 204 g/mol. The first-order valence-electron chi connectivity index (χ1n) is 6.24. The first-order valence-corrected chi connectivity index (χ1v) is 6.24. The van der Waals surface area contributed by atoms with E-state index < -0.39 is 5.54 Å². The number of hydrogen-bond donors (Lipinski definition) is 1. The zero-order valence-corrected chi connectivity index (χ0v) is 10.5. The van der Waals surface area contributed by atoms with E-state index in [9.17, 15) is 4.79 Å². The van der Waals surface area contributed by atoms with Gasteiger partial charge in [-0.05, 0) is 46.2 Å². The molecule has 2 N–H and O–H groups in total. The summed E-state index contributed by atoms with van der Waals surface area (Å²) in [5, 5.41) is 0. The lowest BCUT2D eigenvalue weighted by atomic mass is 9.98. The van der Waals surface area contributed by atoms with Crippen LogP contribution in [0.2, 0.25) is 0 Å². The molecule has 0 radical (unpaired) electrons. The lowest BCUT2D eigenvalue weighted by molar-refractivity contribution is -0.149. The van der Waals surface area contributed by atoms with Crippen molar-refractivity contribution in [2.24, 2.45) is 5.73 Å². The second-order valence-corrected chi connectivity index (χ2v) is 4.79. The standard InChI is InChI=1S/C12H24N2O2/c1-3-16-11(15)12(2,13)7-10-14-8-5-4-6-9-14/h3-10,13H2,1-2H3. The Balaban J connectivity index is 2.31. The van der Waals surface area contributed by atoms with E-state index in [2.05, 4.69) is 4.90 Å². The number of likely N-dealkylation sites (tertiary alicyclic amines) is 1. The first kappa shape index (κ1) is 13.5. The molecule has 0 saturated carbocycles. The van der Waals surface area contributed by atoms with Crippen LogP contribution in [-0.4, -0.2) is 42.6 Å². The Morgan fingerprint density at radius 1 is 1.38 bits per heavy atom. The molecule has 0 spiro atoms. The topological polar surface area (TPSA) is 55.6 Å². The summed E-state index contributed by atoms with van der Waals surface area (Å²) in [6, 6.07) is 0. The van der Waals surface area contributed by atoms with Gasteiger partial charge < -0.3 is 15.4 Å². The number of carbonyl (C=O) groups excluding carboxylic acids is 1. The highest BCUT2D eigenvalue weighted by Gasteiger charge is 2.30. The highest BCUT2D eigenvalue weighted by atomic mass is 16.5. The van der Waals surface area contributed by atoms with Crippen molar-refractivity contribution in [1.82, 2.24) is 4.90 Å². The molecule has 1 unspecified atom stereocenters. The monoisotopic (exact) mass is 228 g/mol. The van der Waals surface area contributed by atoms with E-state index in [1.807, 2.05) is 0 Å². The largest absolute Gasteiger partial charge is 0.465 e. The normalized spacial score (nSPS) is 21.4. The Labute approximate surface area is 98.1 Å². The fourth-order valence-corrected chi connectivity index (χ4v) is 1.97. The molecule has 1 atom stereocenters. The second kappa shape index (κ2) is 6.21. The molecule has 0 aliphatic carbocycles. The molecule has 1 heterocycles. The summed E-state index contributed by atoms with van der Waals surface area (Å²) in [6.07, 6.45) is 4.53. The second-order valence-electron chi connectivity index (χ2n) is 4.79. The van der Waals surface area contributed by atoms with Crippen LogP contribution < -0.4 is 5.73 Å². The molecule has 0 amide bonds. The minimum Gasteiger partial charge on any atom is -0.465 e. The minimum absolute atomic E-state index is 0.285. The molecule has 0 aromatic rings. The van der Waals surface area contributed by atoms with Gasteiger partial charge in [-0.25, -0.2) is 0 Å². The van der Waals surface area contributed by atoms with Crippen LogP contribution in [0.15, 0.2) is 0 Å². The highest BCUT2D eigenvalue weighted by Crippen LogP contribution is 2.13. The Morgan fingerprint density at radius 2 is 2.00 bits per heavy atom. The quantitative estimate of drug-likeness (QED) is 0.717. The van der Waals surface area contributed by atoms with Crippen LogP contribution in [0.4, 0.5) is 0 Å². The van der Waals surface area contributed by atoms with Gasteiger partial charge in [-0.1, -0.05) is 6.42 Å². The van der Waals surface area contributed by atoms with Gasteiger partial charge in [-0.3, -0.25) is 4.79 Å². The highest BCUT2D eigenvalue weighted by molar-refractivity contribution is 5.79. The molecule has 4 heteroatoms. The molecular formula is C12H24N2O2. The third kappa shape index (κ3) is 4.10. The van der Waals surface area contributed by atoms with Gasteiger partial charge in [-0.2, -0.15) is 0 Å². The summed E-state index contributed by atoms with van der Waals surface area (Å²) in [6.45, 7) is 7.13. The molecule has 1 aliphatic rings. The lowest BCUT2D eigenvalue weighted by Crippen LogP contribution is -2.48. The smallest absolute Gasteiger partial charge is 0.325 e. The summed E-state index contributed by atoms with van der Waals surface area (Å²) >= 11 is 0. The predicted octanol–water partition coefficient (Wildman–Crippen LogP) is 1.14. The molecule has 0 aromatic heterocycles. The maximum absolute atomic E-state index is 11.6. The summed E-state index contributed by atoms with van der Waals surface area (Å²) in [7, 11) is 0. The number of rotatable bonds is 5. The van der Waals surface area contributed by atoms with Gasteiger partial charge in [0, 0.05) is 6.54 Å². The van der Waals surface area contributed by atoms with Gasteiger partial charge in [0.2, 0.25) is 0 Å². The fraction of sp³-hybridized carbons (Fsp3) is 0.917. The van der Waals surface area contributed by atoms with Crippen molar-refractivity contribution in [3.63, 3.8) is 0 Å². The number of hydrogen-bond acceptors (Lipinski definition) is 4. The van der Waals surface area contributed by atoms with Crippen LogP contribution in [-0.2, 0) is 9.53 Å². The maximum atomic E-state index is 11.6. The van der Waals surface area contributed by atoms with Crippen LogP contribution in [0.3, 0.4) is 0 Å². The van der Waals surface area contributed by atoms with Crippen molar-refractivity contribution in [2.45, 2.75) is 45.1 Å². The number of carbonyl (C=O) groups is 1. The zero-order chi connectivity index (χ0) is 12.0. The van der Waals surface area contributed by atoms with Crippen molar-refractivity contribution in [2.75, 3.05) is 26.2 Å². The van der Waals surface area contributed by atoms with E-state index in [0.29, 0.717) is 13.0 Å². The van der Waals surface area contributed by atoms with E-state index in [1.165, 1.54) is 19.3 Å². The lowest BCUT2D eigenvalue weighted by Gasteiger charge is -2.30. The van der Waals surface area contributed by atoms with Gasteiger partial charge in [0.05, 0.1) is 6.61 Å². The fourth-order valence-electron chi connectivity index (χ4n) is 1.97. The number of ether oxygens (including phenoxy) is 1. The Bertz CT molecular complexity index is 223. The number of nitrogens with two attached hydrogens (primary N) is 1. The van der Waals surface area contributed by atoms with E-state index >= 15 is 0 Å². The summed E-state index contributed by atoms with van der Waals surface area (Å²) in [5.74, 6) is -0.285. The molecule has 1 rings (SSSR count). The molecule has 1 aliphatic heterocycles. The molecule has 94 valence electrons. The Hall–Kier alpha value is -0.610. The number of piperidine rings is 1. The SMILES string of the molecule is CCOC(=O)C(C)(N)CCN1CCCCC1. The molecule has 4 nitrogen and oxygen atoms in total. The summed E-state index contributed by atoms with van der Waals surface area (Å²) in [4.78, 5) is 14.0. The first-order chi connectivity index (χ1) is 7.56. The minimum atomic E-state index is -0.840.